The third-order valence-corrected chi connectivity index (χ3v) is 3.66. The minimum atomic E-state index is 0.350. The normalized spacial score (nSPS) is 14.4. The van der Waals surface area contributed by atoms with E-state index in [0.29, 0.717) is 18.3 Å². The summed E-state index contributed by atoms with van der Waals surface area (Å²) >= 11 is 0. The van der Waals surface area contributed by atoms with Crippen molar-refractivity contribution in [2.24, 2.45) is 0 Å². The zero-order valence-corrected chi connectivity index (χ0v) is 12.8. The molecule has 0 aliphatic heterocycles. The molecule has 0 bridgehead atoms. The number of hydrogen-bond donors (Lipinski definition) is 1. The third kappa shape index (κ3) is 3.24. The molecular weight excluding hydrogens is 266 g/mol. The second-order valence-electron chi connectivity index (χ2n) is 5.70. The largest absolute Gasteiger partial charge is 0.485 e. The van der Waals surface area contributed by atoms with Crippen molar-refractivity contribution < 1.29 is 9.26 Å². The Morgan fingerprint density at radius 2 is 2.00 bits per heavy atom. The van der Waals surface area contributed by atoms with Gasteiger partial charge in [-0.25, -0.2) is 0 Å². The van der Waals surface area contributed by atoms with E-state index in [4.69, 9.17) is 9.26 Å². The van der Waals surface area contributed by atoms with Gasteiger partial charge in [-0.15, -0.1) is 0 Å². The summed E-state index contributed by atoms with van der Waals surface area (Å²) in [5.74, 6) is 2.77. The molecule has 5 nitrogen and oxygen atoms in total. The lowest BCUT2D eigenvalue weighted by molar-refractivity contribution is 0.281. The van der Waals surface area contributed by atoms with E-state index >= 15 is 0 Å². The van der Waals surface area contributed by atoms with Crippen LogP contribution in [0, 0.1) is 13.8 Å². The molecule has 1 aromatic carbocycles. The minimum absolute atomic E-state index is 0.350. The van der Waals surface area contributed by atoms with Crippen molar-refractivity contribution in [3.63, 3.8) is 0 Å². The van der Waals surface area contributed by atoms with Crippen molar-refractivity contribution in [2.45, 2.75) is 45.8 Å². The highest BCUT2D eigenvalue weighted by atomic mass is 16.5. The minimum Gasteiger partial charge on any atom is -0.485 e. The van der Waals surface area contributed by atoms with Gasteiger partial charge in [0.2, 0.25) is 11.7 Å². The molecule has 0 unspecified atom stereocenters. The summed E-state index contributed by atoms with van der Waals surface area (Å²) in [5.41, 5.74) is 3.52. The molecule has 0 amide bonds. The quantitative estimate of drug-likeness (QED) is 0.885. The predicted octanol–water partition coefficient (Wildman–Crippen LogP) is 2.86. The maximum atomic E-state index is 5.89. The fourth-order valence-electron chi connectivity index (χ4n) is 2.53. The summed E-state index contributed by atoms with van der Waals surface area (Å²) in [7, 11) is 1.95. The number of hydrogen-bond acceptors (Lipinski definition) is 5. The summed E-state index contributed by atoms with van der Waals surface area (Å²) < 4.78 is 11.1. The number of aryl methyl sites for hydroxylation is 2. The van der Waals surface area contributed by atoms with Crippen LogP contribution in [0.1, 0.15) is 47.2 Å². The molecule has 1 N–H and O–H groups in total. The Morgan fingerprint density at radius 3 is 2.62 bits per heavy atom. The maximum absolute atomic E-state index is 5.89. The average molecular weight is 287 g/mol. The Bertz CT molecular complexity index is 609. The summed E-state index contributed by atoms with van der Waals surface area (Å²) in [6, 6.07) is 4.29. The van der Waals surface area contributed by atoms with E-state index < -0.39 is 0 Å². The SMILES string of the molecule is CNCc1cc(C)c(OCc2noc(C3CC3)n2)c(C)c1. The Hall–Kier alpha value is -1.88. The molecule has 0 atom stereocenters. The monoisotopic (exact) mass is 287 g/mol. The number of ether oxygens (including phenoxy) is 1. The van der Waals surface area contributed by atoms with Gasteiger partial charge in [-0.1, -0.05) is 17.3 Å². The first-order valence-corrected chi connectivity index (χ1v) is 7.37. The lowest BCUT2D eigenvalue weighted by Gasteiger charge is -2.13. The first-order valence-electron chi connectivity index (χ1n) is 7.37. The Morgan fingerprint density at radius 1 is 1.29 bits per heavy atom. The van der Waals surface area contributed by atoms with E-state index in [2.05, 4.69) is 41.4 Å². The number of nitrogens with one attached hydrogen (secondary N) is 1. The van der Waals surface area contributed by atoms with Crippen LogP contribution < -0.4 is 10.1 Å². The van der Waals surface area contributed by atoms with Crippen LogP contribution >= 0.6 is 0 Å². The Labute approximate surface area is 124 Å². The molecule has 1 heterocycles. The van der Waals surface area contributed by atoms with Gasteiger partial charge in [0.1, 0.15) is 5.75 Å². The molecule has 1 aromatic heterocycles. The van der Waals surface area contributed by atoms with Crippen molar-refractivity contribution in [3.05, 3.63) is 40.5 Å². The van der Waals surface area contributed by atoms with Crippen LogP contribution in [0.5, 0.6) is 5.75 Å². The predicted molar refractivity (Wildman–Crippen MR) is 79.3 cm³/mol. The van der Waals surface area contributed by atoms with Gasteiger partial charge in [-0.3, -0.25) is 0 Å². The molecule has 1 saturated carbocycles. The Balaban J connectivity index is 1.68. The second-order valence-corrected chi connectivity index (χ2v) is 5.70. The Kier molecular flexibility index (Phi) is 3.92. The van der Waals surface area contributed by atoms with Gasteiger partial charge >= 0.3 is 0 Å². The van der Waals surface area contributed by atoms with Crippen molar-refractivity contribution in [2.75, 3.05) is 7.05 Å². The lowest BCUT2D eigenvalue weighted by Crippen LogP contribution is -2.07. The number of nitrogens with zero attached hydrogens (tertiary/aromatic N) is 2. The molecule has 2 aromatic rings. The first-order chi connectivity index (χ1) is 10.2. The smallest absolute Gasteiger partial charge is 0.229 e. The number of aromatic nitrogens is 2. The fourth-order valence-corrected chi connectivity index (χ4v) is 2.53. The molecule has 1 aliphatic carbocycles. The molecular formula is C16H21N3O2. The molecule has 21 heavy (non-hydrogen) atoms. The zero-order chi connectivity index (χ0) is 14.8. The van der Waals surface area contributed by atoms with Crippen molar-refractivity contribution in [1.82, 2.24) is 15.5 Å². The van der Waals surface area contributed by atoms with Crippen LogP contribution in [0.3, 0.4) is 0 Å². The molecule has 3 rings (SSSR count). The molecule has 112 valence electrons. The zero-order valence-electron chi connectivity index (χ0n) is 12.8. The van der Waals surface area contributed by atoms with Gasteiger partial charge in [-0.2, -0.15) is 4.98 Å². The van der Waals surface area contributed by atoms with Crippen LogP contribution in [-0.2, 0) is 13.2 Å². The van der Waals surface area contributed by atoms with Gasteiger partial charge in [0.05, 0.1) is 0 Å². The van der Waals surface area contributed by atoms with Gasteiger partial charge in [0.25, 0.3) is 0 Å². The van der Waals surface area contributed by atoms with Crippen molar-refractivity contribution in [3.8, 4) is 5.75 Å². The third-order valence-electron chi connectivity index (χ3n) is 3.66. The van der Waals surface area contributed by atoms with E-state index in [9.17, 15) is 0 Å². The number of benzene rings is 1. The van der Waals surface area contributed by atoms with Crippen LogP contribution in [0.25, 0.3) is 0 Å². The maximum Gasteiger partial charge on any atom is 0.229 e. The fraction of sp³-hybridized carbons (Fsp3) is 0.500. The standard InChI is InChI=1S/C16H21N3O2/c1-10-6-12(8-17-3)7-11(2)15(10)20-9-14-18-16(21-19-14)13-4-5-13/h6-7,13,17H,4-5,8-9H2,1-3H3. The average Bonchev–Trinajstić information content (AvgIpc) is 3.18. The van der Waals surface area contributed by atoms with E-state index in [1.165, 1.54) is 5.56 Å². The van der Waals surface area contributed by atoms with E-state index in [-0.39, 0.29) is 0 Å². The van der Waals surface area contributed by atoms with Gasteiger partial charge in [0, 0.05) is 12.5 Å². The van der Waals surface area contributed by atoms with Gasteiger partial charge in [-0.05, 0) is 50.4 Å². The van der Waals surface area contributed by atoms with Crippen LogP contribution in [0.4, 0.5) is 0 Å². The highest BCUT2D eigenvalue weighted by Crippen LogP contribution is 2.38. The van der Waals surface area contributed by atoms with Crippen molar-refractivity contribution >= 4 is 0 Å². The molecule has 0 spiro atoms. The summed E-state index contributed by atoms with van der Waals surface area (Å²) in [4.78, 5) is 4.38. The topological polar surface area (TPSA) is 60.2 Å². The molecule has 1 aliphatic rings. The molecule has 0 radical (unpaired) electrons. The van der Waals surface area contributed by atoms with E-state index in [1.807, 2.05) is 7.05 Å². The number of rotatable bonds is 6. The van der Waals surface area contributed by atoms with Crippen LogP contribution in [0.15, 0.2) is 16.7 Å². The van der Waals surface area contributed by atoms with Crippen LogP contribution in [-0.4, -0.2) is 17.2 Å². The van der Waals surface area contributed by atoms with Crippen LogP contribution in [0.2, 0.25) is 0 Å². The highest BCUT2D eigenvalue weighted by molar-refractivity contribution is 5.43. The van der Waals surface area contributed by atoms with Gasteiger partial charge in [0.15, 0.2) is 6.61 Å². The summed E-state index contributed by atoms with van der Waals surface area (Å²) in [5, 5.41) is 7.14. The highest BCUT2D eigenvalue weighted by Gasteiger charge is 2.29. The molecule has 5 heteroatoms. The van der Waals surface area contributed by atoms with Crippen molar-refractivity contribution in [1.29, 1.82) is 0 Å². The van der Waals surface area contributed by atoms with E-state index in [0.717, 1.165) is 42.2 Å². The lowest BCUT2D eigenvalue weighted by atomic mass is 10.1. The summed E-state index contributed by atoms with van der Waals surface area (Å²) in [6.45, 7) is 5.33. The molecule has 1 fully saturated rings. The van der Waals surface area contributed by atoms with Gasteiger partial charge < -0.3 is 14.6 Å². The second kappa shape index (κ2) is 5.85. The molecule has 0 saturated heterocycles. The summed E-state index contributed by atoms with van der Waals surface area (Å²) in [6.07, 6.45) is 2.32. The first kappa shape index (κ1) is 14.1. The van der Waals surface area contributed by atoms with E-state index in [1.54, 1.807) is 0 Å².